The molecule has 3 nitrogen and oxygen atoms in total. The normalized spacial score (nSPS) is 12.3. The molecule has 1 aromatic heterocycles. The molecule has 2 aromatic carbocycles. The minimum Gasteiger partial charge on any atom is -0.314 e. The van der Waals surface area contributed by atoms with Crippen LogP contribution >= 0.6 is 0 Å². The second-order valence-corrected chi connectivity index (χ2v) is 7.52. The van der Waals surface area contributed by atoms with Gasteiger partial charge in [0.25, 0.3) is 5.56 Å². The topological polar surface area (TPSA) is 39.1 Å². The molecule has 1 unspecified atom stereocenters. The van der Waals surface area contributed by atoms with Gasteiger partial charge in [-0.25, -0.2) is 0 Å². The molecule has 3 aromatic rings. The molecule has 0 radical (unpaired) electrons. The molecular weight excluding hydrogens is 334 g/mol. The number of aryl methyl sites for hydroxylation is 3. The van der Waals surface area contributed by atoms with E-state index in [2.05, 4.69) is 45.0 Å². The third-order valence-corrected chi connectivity index (χ3v) is 5.36. The van der Waals surface area contributed by atoms with Crippen molar-refractivity contribution in [3.05, 3.63) is 69.1 Å². The van der Waals surface area contributed by atoms with Crippen LogP contribution in [0.1, 0.15) is 48.1 Å². The summed E-state index contributed by atoms with van der Waals surface area (Å²) in [5.74, 6) is -0.298. The standard InChI is InChI=1S/C24H27NO2/c1-6-7-18(14-26)23-22(19-10-8-15(2)12-17(19)4)21-13-16(3)9-11-20(21)24(27)25(23)5/h8-14,18H,6-7H2,1-5H3. The summed E-state index contributed by atoms with van der Waals surface area (Å²) in [6, 6.07) is 12.3. The van der Waals surface area contributed by atoms with Crippen LogP contribution in [0.25, 0.3) is 21.9 Å². The van der Waals surface area contributed by atoms with Gasteiger partial charge in [0, 0.05) is 23.7 Å². The Morgan fingerprint density at radius 2 is 1.67 bits per heavy atom. The molecule has 0 bridgehead atoms. The Bertz CT molecular complexity index is 1080. The van der Waals surface area contributed by atoms with Crippen molar-refractivity contribution in [3.8, 4) is 11.1 Å². The average molecular weight is 361 g/mol. The fourth-order valence-electron chi connectivity index (χ4n) is 4.04. The number of nitrogens with zero attached hydrogens (tertiary/aromatic N) is 1. The lowest BCUT2D eigenvalue weighted by atomic mass is 9.87. The van der Waals surface area contributed by atoms with Gasteiger partial charge in [-0.1, -0.05) is 54.8 Å². The molecule has 1 heterocycles. The fourth-order valence-corrected chi connectivity index (χ4v) is 4.04. The second-order valence-electron chi connectivity index (χ2n) is 7.52. The van der Waals surface area contributed by atoms with E-state index < -0.39 is 0 Å². The van der Waals surface area contributed by atoms with Gasteiger partial charge in [0.15, 0.2) is 0 Å². The molecule has 0 amide bonds. The van der Waals surface area contributed by atoms with Crippen molar-refractivity contribution < 1.29 is 4.79 Å². The maximum Gasteiger partial charge on any atom is 0.258 e. The van der Waals surface area contributed by atoms with E-state index in [9.17, 15) is 9.59 Å². The number of carbonyl (C=O) groups excluding carboxylic acids is 1. The van der Waals surface area contributed by atoms with Gasteiger partial charge in [-0.3, -0.25) is 4.79 Å². The highest BCUT2D eigenvalue weighted by atomic mass is 16.1. The maximum absolute atomic E-state index is 13.1. The molecule has 0 aliphatic carbocycles. The zero-order valence-electron chi connectivity index (χ0n) is 16.8. The lowest BCUT2D eigenvalue weighted by Crippen LogP contribution is -2.24. The Morgan fingerprint density at radius 1 is 1.00 bits per heavy atom. The van der Waals surface area contributed by atoms with E-state index in [4.69, 9.17) is 0 Å². The van der Waals surface area contributed by atoms with E-state index in [0.29, 0.717) is 5.39 Å². The number of rotatable bonds is 5. The quantitative estimate of drug-likeness (QED) is 0.585. The largest absolute Gasteiger partial charge is 0.314 e. The van der Waals surface area contributed by atoms with E-state index in [1.54, 1.807) is 11.6 Å². The van der Waals surface area contributed by atoms with Crippen LogP contribution in [0.4, 0.5) is 0 Å². The molecule has 0 fully saturated rings. The Hall–Kier alpha value is -2.68. The summed E-state index contributed by atoms with van der Waals surface area (Å²) in [5.41, 5.74) is 6.33. The molecule has 3 rings (SSSR count). The minimum absolute atomic E-state index is 0.0449. The predicted molar refractivity (Wildman–Crippen MR) is 113 cm³/mol. The first-order chi connectivity index (χ1) is 12.9. The number of hydrogen-bond donors (Lipinski definition) is 0. The summed E-state index contributed by atoms with van der Waals surface area (Å²) in [6.07, 6.45) is 2.61. The first-order valence-corrected chi connectivity index (χ1v) is 9.55. The van der Waals surface area contributed by atoms with Gasteiger partial charge in [-0.15, -0.1) is 0 Å². The molecule has 0 saturated carbocycles. The molecular formula is C24H27NO2. The zero-order chi connectivity index (χ0) is 19.7. The molecule has 0 N–H and O–H groups in total. The number of pyridine rings is 1. The number of fused-ring (bicyclic) bond motifs is 1. The number of hydrogen-bond acceptors (Lipinski definition) is 2. The number of carbonyl (C=O) groups is 1. The van der Waals surface area contributed by atoms with Gasteiger partial charge in [-0.05, 0) is 49.8 Å². The Morgan fingerprint density at radius 3 is 2.30 bits per heavy atom. The van der Waals surface area contributed by atoms with Crippen LogP contribution in [0.5, 0.6) is 0 Å². The number of aldehydes is 1. The smallest absolute Gasteiger partial charge is 0.258 e. The van der Waals surface area contributed by atoms with Crippen LogP contribution in [-0.4, -0.2) is 10.9 Å². The number of aromatic nitrogens is 1. The van der Waals surface area contributed by atoms with Gasteiger partial charge in [0.1, 0.15) is 6.29 Å². The molecule has 0 spiro atoms. The maximum atomic E-state index is 13.1. The van der Waals surface area contributed by atoms with Gasteiger partial charge in [-0.2, -0.15) is 0 Å². The third-order valence-electron chi connectivity index (χ3n) is 5.36. The summed E-state index contributed by atoms with van der Waals surface area (Å²) in [4.78, 5) is 25.0. The number of benzene rings is 2. The van der Waals surface area contributed by atoms with Crippen LogP contribution in [-0.2, 0) is 11.8 Å². The van der Waals surface area contributed by atoms with Crippen LogP contribution in [0.15, 0.2) is 41.2 Å². The van der Waals surface area contributed by atoms with Gasteiger partial charge >= 0.3 is 0 Å². The van der Waals surface area contributed by atoms with Gasteiger partial charge in [0.2, 0.25) is 0 Å². The molecule has 3 heteroatoms. The van der Waals surface area contributed by atoms with Crippen molar-refractivity contribution in [3.63, 3.8) is 0 Å². The van der Waals surface area contributed by atoms with Gasteiger partial charge in [0.05, 0.1) is 5.92 Å². The molecule has 0 aliphatic rings. The van der Waals surface area contributed by atoms with Crippen LogP contribution < -0.4 is 5.56 Å². The highest BCUT2D eigenvalue weighted by Gasteiger charge is 2.23. The van der Waals surface area contributed by atoms with E-state index >= 15 is 0 Å². The Kier molecular flexibility index (Phi) is 5.31. The lowest BCUT2D eigenvalue weighted by molar-refractivity contribution is -0.109. The Labute approximate surface area is 160 Å². The minimum atomic E-state index is -0.298. The third kappa shape index (κ3) is 3.34. The molecule has 1 atom stereocenters. The van der Waals surface area contributed by atoms with Crippen molar-refractivity contribution in [2.75, 3.05) is 0 Å². The van der Waals surface area contributed by atoms with E-state index in [1.165, 1.54) is 5.56 Å². The summed E-state index contributed by atoms with van der Waals surface area (Å²) < 4.78 is 1.68. The predicted octanol–water partition coefficient (Wildman–Crippen LogP) is 5.21. The first-order valence-electron chi connectivity index (χ1n) is 9.55. The molecule has 0 aliphatic heterocycles. The molecule has 140 valence electrons. The lowest BCUT2D eigenvalue weighted by Gasteiger charge is -2.23. The summed E-state index contributed by atoms with van der Waals surface area (Å²) in [6.45, 7) is 8.27. The molecule has 0 saturated heterocycles. The fraction of sp³-hybridized carbons (Fsp3) is 0.333. The van der Waals surface area contributed by atoms with Crippen molar-refractivity contribution in [1.29, 1.82) is 0 Å². The van der Waals surface area contributed by atoms with Crippen molar-refractivity contribution in [1.82, 2.24) is 4.57 Å². The highest BCUT2D eigenvalue weighted by Crippen LogP contribution is 2.37. The first kappa shape index (κ1) is 19.1. The summed E-state index contributed by atoms with van der Waals surface area (Å²) >= 11 is 0. The van der Waals surface area contributed by atoms with E-state index in [-0.39, 0.29) is 11.5 Å². The second kappa shape index (κ2) is 7.51. The van der Waals surface area contributed by atoms with Crippen LogP contribution in [0, 0.1) is 20.8 Å². The zero-order valence-corrected chi connectivity index (χ0v) is 16.8. The highest BCUT2D eigenvalue weighted by molar-refractivity contribution is 5.99. The van der Waals surface area contributed by atoms with Crippen molar-refractivity contribution in [2.45, 2.75) is 46.5 Å². The SMILES string of the molecule is CCCC(C=O)c1c(-c2ccc(C)cc2C)c2cc(C)ccc2c(=O)n1C. The van der Waals surface area contributed by atoms with Crippen LogP contribution in [0.3, 0.4) is 0 Å². The van der Waals surface area contributed by atoms with Crippen molar-refractivity contribution >= 4 is 17.1 Å². The van der Waals surface area contributed by atoms with Gasteiger partial charge < -0.3 is 9.36 Å². The van der Waals surface area contributed by atoms with Crippen molar-refractivity contribution in [2.24, 2.45) is 7.05 Å². The summed E-state index contributed by atoms with van der Waals surface area (Å²) in [7, 11) is 1.79. The van der Waals surface area contributed by atoms with E-state index in [0.717, 1.165) is 52.5 Å². The molecule has 27 heavy (non-hydrogen) atoms. The van der Waals surface area contributed by atoms with Crippen LogP contribution in [0.2, 0.25) is 0 Å². The summed E-state index contributed by atoms with van der Waals surface area (Å²) in [5, 5.41) is 1.63. The Balaban J connectivity index is 2.54. The monoisotopic (exact) mass is 361 g/mol. The average Bonchev–Trinajstić information content (AvgIpc) is 2.63. The van der Waals surface area contributed by atoms with E-state index in [1.807, 2.05) is 19.1 Å².